The molecule has 0 saturated carbocycles. The van der Waals surface area contributed by atoms with Gasteiger partial charge in [-0.3, -0.25) is 9.63 Å². The smallest absolute Gasteiger partial charge is 0.276 e. The molecule has 134 valence electrons. The summed E-state index contributed by atoms with van der Waals surface area (Å²) >= 11 is 5.32. The van der Waals surface area contributed by atoms with Crippen molar-refractivity contribution in [1.82, 2.24) is 5.48 Å². The van der Waals surface area contributed by atoms with Gasteiger partial charge in [0.25, 0.3) is 5.91 Å². The van der Waals surface area contributed by atoms with E-state index >= 15 is 0 Å². The molecule has 1 amide bonds. The summed E-state index contributed by atoms with van der Waals surface area (Å²) in [4.78, 5) is 17.4. The van der Waals surface area contributed by atoms with Crippen molar-refractivity contribution in [3.8, 4) is 0 Å². The molecule has 0 aliphatic rings. The summed E-state index contributed by atoms with van der Waals surface area (Å²) in [5, 5.41) is 3.11. The fourth-order valence-electron chi connectivity index (χ4n) is 2.05. The highest BCUT2D eigenvalue weighted by atomic mass is 127. The Morgan fingerprint density at radius 1 is 1.24 bits per heavy atom. The molecule has 2 rings (SSSR count). The number of carbonyl (C=O) groups excluding carboxylic acids is 1. The van der Waals surface area contributed by atoms with Gasteiger partial charge < -0.3 is 10.1 Å². The molecule has 0 bridgehead atoms. The molecule has 0 aliphatic carbocycles. The van der Waals surface area contributed by atoms with Crippen molar-refractivity contribution >= 4 is 55.8 Å². The highest BCUT2D eigenvalue weighted by molar-refractivity contribution is 14.1. The van der Waals surface area contributed by atoms with Gasteiger partial charge in [-0.1, -0.05) is 0 Å². The number of aryl methyl sites for hydroxylation is 1. The topological polar surface area (TPSA) is 59.6 Å². The molecule has 0 unspecified atom stereocenters. The van der Waals surface area contributed by atoms with Gasteiger partial charge in [0.2, 0.25) is 0 Å². The number of rotatable bonds is 7. The van der Waals surface area contributed by atoms with Gasteiger partial charge in [-0.15, -0.1) is 0 Å². The van der Waals surface area contributed by atoms with E-state index in [1.807, 2.05) is 25.1 Å². The Balaban J connectivity index is 2.26. The van der Waals surface area contributed by atoms with Crippen molar-refractivity contribution in [3.05, 3.63) is 55.3 Å². The summed E-state index contributed by atoms with van der Waals surface area (Å²) in [5.74, 6) is -0.954. The molecular formula is C17H17BrFIN2O3. The molecule has 0 heterocycles. The molecule has 25 heavy (non-hydrogen) atoms. The van der Waals surface area contributed by atoms with Gasteiger partial charge in [0.05, 0.1) is 28.9 Å². The van der Waals surface area contributed by atoms with E-state index in [0.29, 0.717) is 12.3 Å². The van der Waals surface area contributed by atoms with Gasteiger partial charge in [0.1, 0.15) is 5.82 Å². The number of ether oxygens (including phenoxy) is 1. The maximum absolute atomic E-state index is 14.0. The number of hydrogen-bond acceptors (Lipinski definition) is 4. The molecule has 0 fully saturated rings. The fourth-order valence-corrected chi connectivity index (χ4v) is 3.04. The van der Waals surface area contributed by atoms with Crippen molar-refractivity contribution in [1.29, 1.82) is 0 Å². The van der Waals surface area contributed by atoms with Crippen LogP contribution < -0.4 is 10.8 Å². The first kappa shape index (κ1) is 20.1. The molecule has 2 aromatic rings. The van der Waals surface area contributed by atoms with Gasteiger partial charge in [-0.25, -0.2) is 9.87 Å². The maximum atomic E-state index is 14.0. The van der Waals surface area contributed by atoms with E-state index in [0.717, 1.165) is 14.8 Å². The Labute approximate surface area is 167 Å². The number of hydrogen-bond donors (Lipinski definition) is 2. The summed E-state index contributed by atoms with van der Waals surface area (Å²) in [6, 6.07) is 8.48. The van der Waals surface area contributed by atoms with Crippen LogP contribution in [-0.4, -0.2) is 26.2 Å². The quantitative estimate of drug-likeness (QED) is 0.318. The van der Waals surface area contributed by atoms with E-state index in [4.69, 9.17) is 9.57 Å². The largest absolute Gasteiger partial charge is 0.382 e. The van der Waals surface area contributed by atoms with E-state index in [1.165, 1.54) is 19.2 Å². The van der Waals surface area contributed by atoms with Gasteiger partial charge in [-0.05, 0) is 81.3 Å². The lowest BCUT2D eigenvalue weighted by molar-refractivity contribution is 0.00893. The summed E-state index contributed by atoms with van der Waals surface area (Å²) in [5.41, 5.74) is 4.70. The SMILES string of the molecule is COCCONC(=O)c1cc(Br)c(F)cc1Nc1ccc(I)cc1C. The van der Waals surface area contributed by atoms with E-state index < -0.39 is 11.7 Å². The van der Waals surface area contributed by atoms with Crippen molar-refractivity contribution in [3.63, 3.8) is 0 Å². The van der Waals surface area contributed by atoms with E-state index in [-0.39, 0.29) is 16.6 Å². The number of hydroxylamine groups is 1. The van der Waals surface area contributed by atoms with Crippen LogP contribution in [0.15, 0.2) is 34.8 Å². The Morgan fingerprint density at radius 3 is 2.68 bits per heavy atom. The van der Waals surface area contributed by atoms with Crippen LogP contribution in [0.5, 0.6) is 0 Å². The van der Waals surface area contributed by atoms with Gasteiger partial charge in [-0.2, -0.15) is 0 Å². The first-order valence-electron chi connectivity index (χ1n) is 7.35. The lowest BCUT2D eigenvalue weighted by Crippen LogP contribution is -2.26. The van der Waals surface area contributed by atoms with Crippen molar-refractivity contribution < 1.29 is 18.8 Å². The highest BCUT2D eigenvalue weighted by Gasteiger charge is 2.16. The van der Waals surface area contributed by atoms with E-state index in [2.05, 4.69) is 49.3 Å². The average Bonchev–Trinajstić information content (AvgIpc) is 2.57. The zero-order valence-corrected chi connectivity index (χ0v) is 17.4. The van der Waals surface area contributed by atoms with Crippen LogP contribution in [0, 0.1) is 16.3 Å². The average molecular weight is 523 g/mol. The second-order valence-electron chi connectivity index (χ2n) is 5.17. The predicted molar refractivity (Wildman–Crippen MR) is 107 cm³/mol. The zero-order valence-electron chi connectivity index (χ0n) is 13.7. The van der Waals surface area contributed by atoms with E-state index in [1.54, 1.807) is 0 Å². The molecule has 0 spiro atoms. The summed E-state index contributed by atoms with van der Waals surface area (Å²) in [6.07, 6.45) is 0. The normalized spacial score (nSPS) is 10.6. The third kappa shape index (κ3) is 5.63. The number of nitrogens with one attached hydrogen (secondary N) is 2. The van der Waals surface area contributed by atoms with Crippen LogP contribution in [0.25, 0.3) is 0 Å². The first-order valence-corrected chi connectivity index (χ1v) is 9.23. The third-order valence-corrected chi connectivity index (χ3v) is 4.60. The molecule has 2 N–H and O–H groups in total. The molecule has 8 heteroatoms. The van der Waals surface area contributed by atoms with Crippen LogP contribution in [0.1, 0.15) is 15.9 Å². The Hall–Kier alpha value is -1.23. The Bertz CT molecular complexity index is 774. The number of methoxy groups -OCH3 is 1. The van der Waals surface area contributed by atoms with E-state index in [9.17, 15) is 9.18 Å². The minimum absolute atomic E-state index is 0.194. The van der Waals surface area contributed by atoms with Crippen LogP contribution in [-0.2, 0) is 9.57 Å². The van der Waals surface area contributed by atoms with Crippen LogP contribution in [0.3, 0.4) is 0 Å². The Morgan fingerprint density at radius 2 is 2.00 bits per heavy atom. The van der Waals surface area contributed by atoms with Crippen LogP contribution >= 0.6 is 38.5 Å². The molecule has 0 atom stereocenters. The zero-order chi connectivity index (χ0) is 18.4. The predicted octanol–water partition coefficient (Wildman–Crippen LogP) is 4.55. The summed E-state index contributed by atoms with van der Waals surface area (Å²) < 4.78 is 20.1. The second-order valence-corrected chi connectivity index (χ2v) is 7.27. The number of carbonyl (C=O) groups is 1. The minimum Gasteiger partial charge on any atom is -0.382 e. The standard InChI is InChI=1S/C17H17BrFIN2O3/c1-10-7-11(20)3-4-15(10)21-16-9-14(19)13(18)8-12(16)17(23)22-25-6-5-24-2/h3-4,7-9,21H,5-6H2,1-2H3,(H,22,23). The third-order valence-electron chi connectivity index (χ3n) is 3.32. The number of halogens is 3. The molecule has 0 radical (unpaired) electrons. The Kier molecular flexibility index (Phi) is 7.60. The lowest BCUT2D eigenvalue weighted by atomic mass is 10.1. The fraction of sp³-hybridized carbons (Fsp3) is 0.235. The summed E-state index contributed by atoms with van der Waals surface area (Å²) in [7, 11) is 1.54. The highest BCUT2D eigenvalue weighted by Crippen LogP contribution is 2.29. The number of amides is 1. The van der Waals surface area contributed by atoms with Gasteiger partial charge in [0, 0.05) is 16.4 Å². The molecular weight excluding hydrogens is 506 g/mol. The monoisotopic (exact) mass is 522 g/mol. The lowest BCUT2D eigenvalue weighted by Gasteiger charge is -2.15. The molecule has 0 saturated heterocycles. The molecule has 0 aliphatic heterocycles. The van der Waals surface area contributed by atoms with Crippen molar-refractivity contribution in [2.45, 2.75) is 6.92 Å². The van der Waals surface area contributed by atoms with Crippen molar-refractivity contribution in [2.75, 3.05) is 25.6 Å². The summed E-state index contributed by atoms with van der Waals surface area (Å²) in [6.45, 7) is 2.50. The second kappa shape index (κ2) is 9.46. The molecule has 5 nitrogen and oxygen atoms in total. The van der Waals surface area contributed by atoms with Gasteiger partial charge in [0.15, 0.2) is 0 Å². The van der Waals surface area contributed by atoms with Crippen LogP contribution in [0.2, 0.25) is 0 Å². The van der Waals surface area contributed by atoms with Gasteiger partial charge >= 0.3 is 0 Å². The molecule has 2 aromatic carbocycles. The molecule has 0 aromatic heterocycles. The first-order chi connectivity index (χ1) is 11.9. The van der Waals surface area contributed by atoms with Crippen LogP contribution in [0.4, 0.5) is 15.8 Å². The number of benzene rings is 2. The van der Waals surface area contributed by atoms with Crippen molar-refractivity contribution in [2.24, 2.45) is 0 Å². The minimum atomic E-state index is -0.484. The number of anilines is 2. The maximum Gasteiger partial charge on any atom is 0.276 e.